The topological polar surface area (TPSA) is 112 Å². The molecule has 0 rings (SSSR count). The molecule has 0 saturated carbocycles. The maximum atomic E-state index is 10.9. The number of esters is 4. The van der Waals surface area contributed by atoms with Crippen LogP contribution < -0.4 is 0 Å². The molecule has 11 heteroatoms. The Balaban J connectivity index is -0.000000237. The lowest BCUT2D eigenvalue weighted by molar-refractivity contribution is -0.870. The molecule has 0 aliphatic rings. The van der Waals surface area contributed by atoms with Crippen molar-refractivity contribution in [3.05, 3.63) is 48.6 Å². The third kappa shape index (κ3) is 40.9. The third-order valence-corrected chi connectivity index (χ3v) is 4.37. The summed E-state index contributed by atoms with van der Waals surface area (Å²) in [5.74, 6) is -1.22. The lowest BCUT2D eigenvalue weighted by Crippen LogP contribution is -2.38. The lowest BCUT2D eigenvalue weighted by atomic mass is 10.4. The summed E-state index contributed by atoms with van der Waals surface area (Å²) in [5, 5.41) is 0. The third-order valence-electron chi connectivity index (χ3n) is 4.37. The van der Waals surface area contributed by atoms with Gasteiger partial charge < -0.3 is 33.2 Å². The molecule has 0 radical (unpaired) electrons. The second kappa shape index (κ2) is 27.5. The Hall–Kier alpha value is -3.28. The minimum absolute atomic E-state index is 0.295. The van der Waals surface area contributed by atoms with E-state index in [2.05, 4.69) is 47.5 Å². The van der Waals surface area contributed by atoms with E-state index in [0.717, 1.165) is 30.5 Å². The smallest absolute Gasteiger partial charge is 0.333 e. The van der Waals surface area contributed by atoms with E-state index in [9.17, 15) is 19.2 Å². The first-order valence-corrected chi connectivity index (χ1v) is 14.0. The van der Waals surface area contributed by atoms with Crippen LogP contribution in [0.25, 0.3) is 0 Å². The fourth-order valence-electron chi connectivity index (χ4n) is 1.74. The Labute approximate surface area is 261 Å². The number of hydrogen-bond acceptors (Lipinski definition) is 10. The molecular formula is C32H60N3O8+. The predicted octanol–water partition coefficient (Wildman–Crippen LogP) is 3.66. The van der Waals surface area contributed by atoms with Crippen LogP contribution in [0.15, 0.2) is 48.6 Å². The molecule has 0 fully saturated rings. The van der Waals surface area contributed by atoms with Gasteiger partial charge in [-0.1, -0.05) is 33.2 Å². The fraction of sp³-hybridized carbons (Fsp3) is 0.625. The van der Waals surface area contributed by atoms with Crippen molar-refractivity contribution in [1.82, 2.24) is 9.80 Å². The molecule has 0 N–H and O–H groups in total. The highest BCUT2D eigenvalue weighted by Crippen LogP contribution is 1.95. The molecule has 0 aromatic carbocycles. The summed E-state index contributed by atoms with van der Waals surface area (Å²) in [6.07, 6.45) is 0.860. The Morgan fingerprint density at radius 1 is 0.535 bits per heavy atom. The summed E-state index contributed by atoms with van der Waals surface area (Å²) in [6.45, 7) is 26.5. The van der Waals surface area contributed by atoms with Crippen molar-refractivity contribution in [1.29, 1.82) is 0 Å². The molecule has 0 atom stereocenters. The van der Waals surface area contributed by atoms with Crippen molar-refractivity contribution in [2.24, 2.45) is 0 Å². The average Bonchev–Trinajstić information content (AvgIpc) is 2.86. The van der Waals surface area contributed by atoms with Gasteiger partial charge in [0.25, 0.3) is 0 Å². The minimum atomic E-state index is -0.313. The number of ether oxygens (including phenoxy) is 4. The van der Waals surface area contributed by atoms with Gasteiger partial charge in [0.2, 0.25) is 0 Å². The van der Waals surface area contributed by atoms with E-state index in [1.54, 1.807) is 27.7 Å². The van der Waals surface area contributed by atoms with E-state index >= 15 is 0 Å². The molecule has 0 aliphatic carbocycles. The standard InChI is InChI=1S/C9H18NO2.2C8H15NO2.C7H12O2/c1-8(2)9(11)12-7-6-10(3,4)5;2*1-7(2)8(10)11-6-5-9(3)4;1-4-5-9-7(8)6(2)3/h1,6-7H2,2-5H3;2*1,5-6H2,2-4H3;2,4-5H2,1,3H3/q+1;;;. The molecule has 0 aromatic heterocycles. The van der Waals surface area contributed by atoms with Crippen LogP contribution in [0.3, 0.4) is 0 Å². The van der Waals surface area contributed by atoms with Gasteiger partial charge in [-0.25, -0.2) is 19.2 Å². The Morgan fingerprint density at radius 2 is 0.791 bits per heavy atom. The van der Waals surface area contributed by atoms with E-state index < -0.39 is 0 Å². The maximum absolute atomic E-state index is 10.9. The maximum Gasteiger partial charge on any atom is 0.333 e. The molecule has 0 saturated heterocycles. The molecule has 0 amide bonds. The van der Waals surface area contributed by atoms with Gasteiger partial charge in [-0.2, -0.15) is 0 Å². The van der Waals surface area contributed by atoms with Crippen LogP contribution in [-0.4, -0.2) is 134 Å². The average molecular weight is 615 g/mol. The molecule has 0 heterocycles. The van der Waals surface area contributed by atoms with Gasteiger partial charge in [0.15, 0.2) is 0 Å². The number of hydrogen-bond donors (Lipinski definition) is 0. The highest BCUT2D eigenvalue weighted by atomic mass is 16.5. The number of likely N-dealkylation sites (N-methyl/N-ethyl adjacent to an activating group) is 3. The minimum Gasteiger partial charge on any atom is -0.462 e. The molecule has 0 bridgehead atoms. The van der Waals surface area contributed by atoms with Crippen LogP contribution in [0.2, 0.25) is 0 Å². The number of carbonyl (C=O) groups excluding carboxylic acids is 4. The fourth-order valence-corrected chi connectivity index (χ4v) is 1.74. The summed E-state index contributed by atoms with van der Waals surface area (Å²) in [4.78, 5) is 46.9. The summed E-state index contributed by atoms with van der Waals surface area (Å²) in [7, 11) is 13.9. The molecule has 43 heavy (non-hydrogen) atoms. The van der Waals surface area contributed by atoms with E-state index in [1.807, 2.05) is 44.9 Å². The highest BCUT2D eigenvalue weighted by molar-refractivity contribution is 5.88. The van der Waals surface area contributed by atoms with Crippen molar-refractivity contribution in [2.75, 3.05) is 95.4 Å². The van der Waals surface area contributed by atoms with Crippen molar-refractivity contribution >= 4 is 23.9 Å². The van der Waals surface area contributed by atoms with Gasteiger partial charge in [-0.3, -0.25) is 0 Å². The number of carbonyl (C=O) groups is 4. The SMILES string of the molecule is C=C(C)C(=O)OCCC.C=C(C)C(=O)OCCN(C)C.C=C(C)C(=O)OCCN(C)C.C=C(C)C(=O)OCC[N+](C)(C)C. The lowest BCUT2D eigenvalue weighted by Gasteiger charge is -2.23. The van der Waals surface area contributed by atoms with E-state index in [1.165, 1.54) is 0 Å². The van der Waals surface area contributed by atoms with Gasteiger partial charge in [0, 0.05) is 35.4 Å². The number of nitrogens with zero attached hydrogens (tertiary/aromatic N) is 3. The zero-order valence-electron chi connectivity index (χ0n) is 29.1. The highest BCUT2D eigenvalue weighted by Gasteiger charge is 2.09. The molecule has 0 aliphatic heterocycles. The molecular weight excluding hydrogens is 554 g/mol. The second-order valence-electron chi connectivity index (χ2n) is 11.3. The summed E-state index contributed by atoms with van der Waals surface area (Å²) in [6, 6.07) is 0. The van der Waals surface area contributed by atoms with Crippen molar-refractivity contribution in [3.63, 3.8) is 0 Å². The van der Waals surface area contributed by atoms with Gasteiger partial charge >= 0.3 is 23.9 Å². The van der Waals surface area contributed by atoms with Crippen LogP contribution in [0.1, 0.15) is 41.0 Å². The Kier molecular flexibility index (Phi) is 29.9. The van der Waals surface area contributed by atoms with E-state index in [-0.39, 0.29) is 23.9 Å². The van der Waals surface area contributed by atoms with E-state index in [4.69, 9.17) is 18.9 Å². The Morgan fingerprint density at radius 3 is 1.00 bits per heavy atom. The first-order valence-electron chi connectivity index (χ1n) is 14.0. The van der Waals surface area contributed by atoms with Crippen LogP contribution in [-0.2, 0) is 38.1 Å². The summed E-state index contributed by atoms with van der Waals surface area (Å²) in [5.41, 5.74) is 1.81. The van der Waals surface area contributed by atoms with Gasteiger partial charge in [0.1, 0.15) is 26.4 Å². The zero-order valence-corrected chi connectivity index (χ0v) is 29.1. The van der Waals surface area contributed by atoms with Crippen molar-refractivity contribution in [2.45, 2.75) is 41.0 Å². The predicted molar refractivity (Wildman–Crippen MR) is 173 cm³/mol. The van der Waals surface area contributed by atoms with Crippen molar-refractivity contribution in [3.8, 4) is 0 Å². The van der Waals surface area contributed by atoms with Crippen molar-refractivity contribution < 1.29 is 42.6 Å². The normalized spacial score (nSPS) is 9.91. The molecule has 0 spiro atoms. The van der Waals surface area contributed by atoms with Gasteiger partial charge in [-0.05, 0) is 62.3 Å². The van der Waals surface area contributed by atoms with Gasteiger partial charge in [-0.15, -0.1) is 0 Å². The van der Waals surface area contributed by atoms with Crippen LogP contribution in [0.4, 0.5) is 0 Å². The quantitative estimate of drug-likeness (QED) is 0.117. The molecule has 250 valence electrons. The molecule has 0 unspecified atom stereocenters. The number of rotatable bonds is 15. The summed E-state index contributed by atoms with van der Waals surface area (Å²) >= 11 is 0. The van der Waals surface area contributed by atoms with Crippen LogP contribution in [0.5, 0.6) is 0 Å². The zero-order chi connectivity index (χ0) is 34.8. The van der Waals surface area contributed by atoms with Crippen LogP contribution >= 0.6 is 0 Å². The van der Waals surface area contributed by atoms with Crippen LogP contribution in [0, 0.1) is 0 Å². The summed E-state index contributed by atoms with van der Waals surface area (Å²) < 4.78 is 20.1. The first kappa shape index (κ1) is 46.7. The first-order chi connectivity index (χ1) is 19.6. The molecule has 11 nitrogen and oxygen atoms in total. The largest absolute Gasteiger partial charge is 0.462 e. The van der Waals surface area contributed by atoms with Gasteiger partial charge in [0.05, 0.1) is 27.7 Å². The number of quaternary nitrogens is 1. The molecule has 0 aromatic rings. The monoisotopic (exact) mass is 614 g/mol. The van der Waals surface area contributed by atoms with E-state index in [0.29, 0.717) is 48.7 Å². The second-order valence-corrected chi connectivity index (χ2v) is 11.3. The Bertz CT molecular complexity index is 852.